The van der Waals surface area contributed by atoms with Gasteiger partial charge in [-0.2, -0.15) is 0 Å². The summed E-state index contributed by atoms with van der Waals surface area (Å²) in [4.78, 5) is 0. The van der Waals surface area contributed by atoms with Gasteiger partial charge in [-0.15, -0.1) is 0 Å². The second-order valence-corrected chi connectivity index (χ2v) is 5.12. The van der Waals surface area contributed by atoms with Gasteiger partial charge in [0.25, 0.3) is 0 Å². The second kappa shape index (κ2) is 6.20. The zero-order valence-corrected chi connectivity index (χ0v) is 11.9. The quantitative estimate of drug-likeness (QED) is 0.689. The summed E-state index contributed by atoms with van der Waals surface area (Å²) in [5.41, 5.74) is 1.38. The van der Waals surface area contributed by atoms with Crippen molar-refractivity contribution in [2.24, 2.45) is 5.92 Å². The maximum absolute atomic E-state index is 3.55. The van der Waals surface area contributed by atoms with E-state index < -0.39 is 0 Å². The molecule has 0 amide bonds. The fourth-order valence-electron chi connectivity index (χ4n) is 1.13. The van der Waals surface area contributed by atoms with Crippen LogP contribution in [0.15, 0.2) is 28.7 Å². The van der Waals surface area contributed by atoms with Gasteiger partial charge in [0.15, 0.2) is 0 Å². The molecule has 0 saturated heterocycles. The molecule has 1 rings (SSSR count). The maximum Gasteiger partial charge on any atom is 0.0207 e. The van der Waals surface area contributed by atoms with E-state index in [9.17, 15) is 0 Å². The Bertz CT molecular complexity index is 256. The van der Waals surface area contributed by atoms with Gasteiger partial charge in [0.2, 0.25) is 0 Å². The van der Waals surface area contributed by atoms with Crippen LogP contribution in [-0.2, 0) is 6.42 Å². The molecule has 3 heteroatoms. The molecule has 0 spiro atoms. The highest BCUT2D eigenvalue weighted by molar-refractivity contribution is 9.10. The second-order valence-electron chi connectivity index (χ2n) is 2.97. The summed E-state index contributed by atoms with van der Waals surface area (Å²) in [6.45, 7) is 0. The summed E-state index contributed by atoms with van der Waals surface area (Å²) < 4.78 is 1.21. The molecule has 72 valence electrons. The van der Waals surface area contributed by atoms with Crippen LogP contribution in [-0.4, -0.2) is 10.7 Å². The van der Waals surface area contributed by atoms with Crippen LogP contribution in [0, 0.1) is 5.92 Å². The van der Waals surface area contributed by atoms with Gasteiger partial charge < -0.3 is 0 Å². The number of hydrogen-bond acceptors (Lipinski definition) is 0. The number of rotatable bonds is 4. The Labute approximate surface area is 104 Å². The lowest BCUT2D eigenvalue weighted by molar-refractivity contribution is 0.678. The zero-order chi connectivity index (χ0) is 9.68. The Morgan fingerprint density at radius 2 is 1.69 bits per heavy atom. The fraction of sp³-hybridized carbons (Fsp3) is 0.400. The monoisotopic (exact) mass is 368 g/mol. The molecule has 0 unspecified atom stereocenters. The molecule has 1 aromatic carbocycles. The molecule has 0 aliphatic rings. The first-order valence-electron chi connectivity index (χ1n) is 4.13. The van der Waals surface area contributed by atoms with E-state index in [1.807, 2.05) is 6.07 Å². The van der Waals surface area contributed by atoms with Crippen LogP contribution in [0.25, 0.3) is 0 Å². The predicted molar refractivity (Wildman–Crippen MR) is 68.9 cm³/mol. The van der Waals surface area contributed by atoms with Crippen molar-refractivity contribution in [3.63, 3.8) is 0 Å². The normalized spacial score (nSPS) is 10.8. The van der Waals surface area contributed by atoms with Crippen molar-refractivity contribution < 1.29 is 0 Å². The Hall–Kier alpha value is 0.660. The van der Waals surface area contributed by atoms with Gasteiger partial charge in [-0.1, -0.05) is 66.0 Å². The molecule has 0 saturated carbocycles. The largest absolute Gasteiger partial charge is 0.0925 e. The molecule has 0 nitrogen and oxygen atoms in total. The van der Waals surface area contributed by atoms with Crippen LogP contribution in [0.1, 0.15) is 5.56 Å². The molecule has 0 heterocycles. The summed E-state index contributed by atoms with van der Waals surface area (Å²) in [6.07, 6.45) is 1.11. The molecule has 1 aromatic rings. The summed E-state index contributed by atoms with van der Waals surface area (Å²) in [5.74, 6) is 0.665. The van der Waals surface area contributed by atoms with E-state index in [1.54, 1.807) is 0 Å². The first-order chi connectivity index (χ1) is 6.27. The average Bonchev–Trinajstić information content (AvgIpc) is 2.17. The molecule has 0 aliphatic heterocycles. The standard InChI is InChI=1S/C10H11Br3/c11-6-8(7-12)5-9-3-1-2-4-10(9)13/h1-4,8H,5-7H2. The molecular formula is C10H11Br3. The Kier molecular flexibility index (Phi) is 5.60. The van der Waals surface area contributed by atoms with Gasteiger partial charge in [-0.25, -0.2) is 0 Å². The predicted octanol–water partition coefficient (Wildman–Crippen LogP) is 4.40. The molecule has 0 aliphatic carbocycles. The van der Waals surface area contributed by atoms with E-state index in [-0.39, 0.29) is 0 Å². The molecule has 0 aromatic heterocycles. The molecule has 0 N–H and O–H groups in total. The highest BCUT2D eigenvalue weighted by atomic mass is 79.9. The van der Waals surface area contributed by atoms with Crippen molar-refractivity contribution in [2.75, 3.05) is 10.7 Å². The molecule has 0 fully saturated rings. The minimum Gasteiger partial charge on any atom is -0.0925 e. The number of alkyl halides is 2. The van der Waals surface area contributed by atoms with Crippen molar-refractivity contribution >= 4 is 47.8 Å². The minimum absolute atomic E-state index is 0.665. The Balaban J connectivity index is 2.67. The zero-order valence-electron chi connectivity index (χ0n) is 7.14. The van der Waals surface area contributed by atoms with Crippen LogP contribution in [0.4, 0.5) is 0 Å². The smallest absolute Gasteiger partial charge is 0.0207 e. The molecule has 0 radical (unpaired) electrons. The van der Waals surface area contributed by atoms with E-state index in [4.69, 9.17) is 0 Å². The van der Waals surface area contributed by atoms with Gasteiger partial charge in [0.05, 0.1) is 0 Å². The van der Waals surface area contributed by atoms with Crippen LogP contribution in [0.2, 0.25) is 0 Å². The van der Waals surface area contributed by atoms with Crippen molar-refractivity contribution in [1.29, 1.82) is 0 Å². The highest BCUT2D eigenvalue weighted by Crippen LogP contribution is 2.21. The van der Waals surface area contributed by atoms with E-state index in [0.29, 0.717) is 5.92 Å². The Morgan fingerprint density at radius 3 is 2.23 bits per heavy atom. The lowest BCUT2D eigenvalue weighted by atomic mass is 10.0. The lowest BCUT2D eigenvalue weighted by Gasteiger charge is -2.11. The van der Waals surface area contributed by atoms with E-state index in [2.05, 4.69) is 66.0 Å². The summed E-state index contributed by atoms with van der Waals surface area (Å²) in [5, 5.41) is 2.08. The number of hydrogen-bond donors (Lipinski definition) is 0. The van der Waals surface area contributed by atoms with E-state index >= 15 is 0 Å². The van der Waals surface area contributed by atoms with E-state index in [0.717, 1.165) is 17.1 Å². The van der Waals surface area contributed by atoms with Gasteiger partial charge >= 0.3 is 0 Å². The van der Waals surface area contributed by atoms with Gasteiger partial charge in [0.1, 0.15) is 0 Å². The molecule has 13 heavy (non-hydrogen) atoms. The Morgan fingerprint density at radius 1 is 1.08 bits per heavy atom. The van der Waals surface area contributed by atoms with Crippen molar-refractivity contribution in [2.45, 2.75) is 6.42 Å². The van der Waals surface area contributed by atoms with Crippen molar-refractivity contribution in [3.05, 3.63) is 34.3 Å². The third-order valence-electron chi connectivity index (χ3n) is 1.90. The maximum atomic E-state index is 3.55. The van der Waals surface area contributed by atoms with Gasteiger partial charge in [0, 0.05) is 15.1 Å². The van der Waals surface area contributed by atoms with Crippen LogP contribution < -0.4 is 0 Å². The summed E-state index contributed by atoms with van der Waals surface area (Å²) in [6, 6.07) is 8.39. The molecule has 0 atom stereocenters. The average molecular weight is 371 g/mol. The SMILES string of the molecule is BrCC(CBr)Cc1ccccc1Br. The minimum atomic E-state index is 0.665. The van der Waals surface area contributed by atoms with E-state index in [1.165, 1.54) is 10.0 Å². The summed E-state index contributed by atoms with van der Waals surface area (Å²) in [7, 11) is 0. The third-order valence-corrected chi connectivity index (χ3v) is 4.51. The third kappa shape index (κ3) is 3.72. The van der Waals surface area contributed by atoms with Crippen LogP contribution >= 0.6 is 47.8 Å². The number of benzene rings is 1. The first kappa shape index (κ1) is 11.7. The van der Waals surface area contributed by atoms with Crippen molar-refractivity contribution in [3.8, 4) is 0 Å². The summed E-state index contributed by atoms with van der Waals surface area (Å²) >= 11 is 10.6. The highest BCUT2D eigenvalue weighted by Gasteiger charge is 2.08. The van der Waals surface area contributed by atoms with Crippen LogP contribution in [0.5, 0.6) is 0 Å². The molecule has 0 bridgehead atoms. The first-order valence-corrected chi connectivity index (χ1v) is 7.17. The fourth-order valence-corrected chi connectivity index (χ4v) is 3.10. The van der Waals surface area contributed by atoms with Crippen molar-refractivity contribution in [1.82, 2.24) is 0 Å². The van der Waals surface area contributed by atoms with Gasteiger partial charge in [-0.3, -0.25) is 0 Å². The molecular weight excluding hydrogens is 360 g/mol. The van der Waals surface area contributed by atoms with Gasteiger partial charge in [-0.05, 0) is 24.0 Å². The number of halogens is 3. The van der Waals surface area contributed by atoms with Crippen LogP contribution in [0.3, 0.4) is 0 Å². The topological polar surface area (TPSA) is 0 Å². The lowest BCUT2D eigenvalue weighted by Crippen LogP contribution is -2.07.